The monoisotopic (exact) mass is 244 g/mol. The number of phenols is 1. The van der Waals surface area contributed by atoms with Gasteiger partial charge in [0.15, 0.2) is 11.3 Å². The van der Waals surface area contributed by atoms with Gasteiger partial charge in [0.2, 0.25) is 5.75 Å². The van der Waals surface area contributed by atoms with Crippen LogP contribution in [0.15, 0.2) is 39.6 Å². The van der Waals surface area contributed by atoms with Crippen molar-refractivity contribution in [3.05, 3.63) is 46.3 Å². The molecule has 0 spiro atoms. The minimum Gasteiger partial charge on any atom is -0.502 e. The summed E-state index contributed by atoms with van der Waals surface area (Å²) >= 11 is 0. The van der Waals surface area contributed by atoms with E-state index in [9.17, 15) is 9.90 Å². The summed E-state index contributed by atoms with van der Waals surface area (Å²) in [5.74, 6) is 0.286. The molecule has 0 saturated carbocycles. The molecule has 1 aliphatic heterocycles. The first kappa shape index (κ1) is 10.9. The summed E-state index contributed by atoms with van der Waals surface area (Å²) in [6.45, 7) is 5.74. The lowest BCUT2D eigenvalue weighted by atomic mass is 10.0. The highest BCUT2D eigenvalue weighted by molar-refractivity contribution is 5.86. The molecule has 4 nitrogen and oxygen atoms in total. The van der Waals surface area contributed by atoms with Crippen LogP contribution in [0.5, 0.6) is 11.5 Å². The molecular formula is C14H12O4. The number of hydrogen-bond donors (Lipinski definition) is 1. The molecule has 2 heterocycles. The molecule has 18 heavy (non-hydrogen) atoms. The Morgan fingerprint density at radius 2 is 2.28 bits per heavy atom. The average molecular weight is 244 g/mol. The third-order valence-electron chi connectivity index (χ3n) is 3.13. The maximum atomic E-state index is 11.2. The number of ether oxygens (including phenoxy) is 1. The predicted molar refractivity (Wildman–Crippen MR) is 67.1 cm³/mol. The van der Waals surface area contributed by atoms with Crippen molar-refractivity contribution in [1.29, 1.82) is 0 Å². The van der Waals surface area contributed by atoms with Gasteiger partial charge in [0, 0.05) is 23.4 Å². The molecule has 0 amide bonds. The Morgan fingerprint density at radius 1 is 1.50 bits per heavy atom. The standard InChI is InChI=1S/C14H12O4/c1-7(2)10-6-9-5-8-3-4-11(15)18-13(8)12(16)14(9)17-10/h3-5,10,16H,1,6H2,2H3/t10-/m0/s1. The summed E-state index contributed by atoms with van der Waals surface area (Å²) in [4.78, 5) is 11.2. The molecule has 0 unspecified atom stereocenters. The summed E-state index contributed by atoms with van der Waals surface area (Å²) in [5.41, 5.74) is 1.48. The second kappa shape index (κ2) is 3.63. The van der Waals surface area contributed by atoms with E-state index in [1.165, 1.54) is 6.07 Å². The number of phenolic OH excluding ortho intramolecular Hbond substituents is 1. The molecule has 1 atom stereocenters. The number of hydrogen-bond acceptors (Lipinski definition) is 4. The molecule has 0 aliphatic carbocycles. The molecule has 92 valence electrons. The number of benzene rings is 1. The van der Waals surface area contributed by atoms with Crippen LogP contribution in [0.4, 0.5) is 0 Å². The van der Waals surface area contributed by atoms with E-state index in [0.717, 1.165) is 11.1 Å². The normalized spacial score (nSPS) is 17.5. The Morgan fingerprint density at radius 3 is 3.00 bits per heavy atom. The van der Waals surface area contributed by atoms with Gasteiger partial charge in [-0.15, -0.1) is 0 Å². The Kier molecular flexibility index (Phi) is 2.20. The van der Waals surface area contributed by atoms with Crippen molar-refractivity contribution in [3.8, 4) is 11.5 Å². The Balaban J connectivity index is 2.24. The molecule has 1 aliphatic rings. The lowest BCUT2D eigenvalue weighted by Crippen LogP contribution is -2.13. The van der Waals surface area contributed by atoms with Gasteiger partial charge in [-0.25, -0.2) is 4.79 Å². The van der Waals surface area contributed by atoms with Crippen molar-refractivity contribution in [3.63, 3.8) is 0 Å². The fourth-order valence-corrected chi connectivity index (χ4v) is 2.18. The van der Waals surface area contributed by atoms with Gasteiger partial charge in [-0.1, -0.05) is 6.58 Å². The van der Waals surface area contributed by atoms with E-state index < -0.39 is 5.63 Å². The Bertz CT molecular complexity index is 712. The molecule has 0 saturated heterocycles. The zero-order chi connectivity index (χ0) is 12.9. The highest BCUT2D eigenvalue weighted by atomic mass is 16.5. The minimum absolute atomic E-state index is 0.107. The van der Waals surface area contributed by atoms with E-state index in [1.807, 2.05) is 13.0 Å². The van der Waals surface area contributed by atoms with Crippen molar-refractivity contribution in [2.24, 2.45) is 0 Å². The maximum absolute atomic E-state index is 11.2. The first-order valence-corrected chi connectivity index (χ1v) is 5.67. The highest BCUT2D eigenvalue weighted by Crippen LogP contribution is 2.43. The van der Waals surface area contributed by atoms with Crippen LogP contribution in [0.3, 0.4) is 0 Å². The van der Waals surface area contributed by atoms with Gasteiger partial charge >= 0.3 is 5.63 Å². The molecule has 0 radical (unpaired) electrons. The van der Waals surface area contributed by atoms with Crippen molar-refractivity contribution >= 4 is 11.0 Å². The summed E-state index contributed by atoms with van der Waals surface area (Å²) in [5, 5.41) is 10.8. The van der Waals surface area contributed by atoms with Gasteiger partial charge in [-0.05, 0) is 24.6 Å². The van der Waals surface area contributed by atoms with E-state index >= 15 is 0 Å². The largest absolute Gasteiger partial charge is 0.502 e. The zero-order valence-electron chi connectivity index (χ0n) is 9.90. The predicted octanol–water partition coefficient (Wildman–Crippen LogP) is 2.38. The van der Waals surface area contributed by atoms with Crippen LogP contribution < -0.4 is 10.4 Å². The van der Waals surface area contributed by atoms with Crippen LogP contribution in [0.25, 0.3) is 11.0 Å². The van der Waals surface area contributed by atoms with E-state index in [4.69, 9.17) is 9.15 Å². The van der Waals surface area contributed by atoms with Gasteiger partial charge in [0.05, 0.1) is 0 Å². The number of fused-ring (bicyclic) bond motifs is 2. The van der Waals surface area contributed by atoms with Crippen molar-refractivity contribution in [2.75, 3.05) is 0 Å². The molecule has 2 aromatic rings. The van der Waals surface area contributed by atoms with Crippen LogP contribution >= 0.6 is 0 Å². The summed E-state index contributed by atoms with van der Waals surface area (Å²) in [7, 11) is 0. The topological polar surface area (TPSA) is 59.7 Å². The first-order chi connectivity index (χ1) is 8.56. The van der Waals surface area contributed by atoms with Crippen LogP contribution in [0.2, 0.25) is 0 Å². The van der Waals surface area contributed by atoms with E-state index in [1.54, 1.807) is 6.07 Å². The Labute approximate surface area is 103 Å². The minimum atomic E-state index is -0.493. The summed E-state index contributed by atoms with van der Waals surface area (Å²) < 4.78 is 10.6. The SMILES string of the molecule is C=C(C)[C@@H]1Cc2cc3ccc(=O)oc3c(O)c2O1. The van der Waals surface area contributed by atoms with Gasteiger partial charge < -0.3 is 14.3 Å². The molecule has 3 rings (SSSR count). The molecule has 1 aromatic heterocycles. The van der Waals surface area contributed by atoms with Crippen molar-refractivity contribution in [1.82, 2.24) is 0 Å². The van der Waals surface area contributed by atoms with Crippen molar-refractivity contribution in [2.45, 2.75) is 19.4 Å². The summed E-state index contributed by atoms with van der Waals surface area (Å²) in [6, 6.07) is 4.84. The number of aromatic hydroxyl groups is 1. The van der Waals surface area contributed by atoms with Gasteiger partial charge in [0.25, 0.3) is 0 Å². The fourth-order valence-electron chi connectivity index (χ4n) is 2.18. The molecular weight excluding hydrogens is 232 g/mol. The van der Waals surface area contributed by atoms with E-state index in [2.05, 4.69) is 6.58 Å². The summed E-state index contributed by atoms with van der Waals surface area (Å²) in [6.07, 6.45) is 0.544. The van der Waals surface area contributed by atoms with Gasteiger partial charge in [-0.2, -0.15) is 0 Å². The Hall–Kier alpha value is -2.23. The third kappa shape index (κ3) is 1.49. The maximum Gasteiger partial charge on any atom is 0.336 e. The molecule has 1 aromatic carbocycles. The van der Waals surface area contributed by atoms with E-state index in [0.29, 0.717) is 17.6 Å². The van der Waals surface area contributed by atoms with Crippen LogP contribution in [-0.4, -0.2) is 11.2 Å². The van der Waals surface area contributed by atoms with E-state index in [-0.39, 0.29) is 17.4 Å². The molecule has 0 bridgehead atoms. The fraction of sp³-hybridized carbons (Fsp3) is 0.214. The lowest BCUT2D eigenvalue weighted by Gasteiger charge is -2.10. The van der Waals surface area contributed by atoms with Gasteiger partial charge in [0.1, 0.15) is 6.10 Å². The molecule has 4 heteroatoms. The average Bonchev–Trinajstić information content (AvgIpc) is 2.75. The second-order valence-electron chi connectivity index (χ2n) is 4.54. The molecule has 1 N–H and O–H groups in total. The third-order valence-corrected chi connectivity index (χ3v) is 3.13. The van der Waals surface area contributed by atoms with Crippen LogP contribution in [-0.2, 0) is 6.42 Å². The van der Waals surface area contributed by atoms with Crippen LogP contribution in [0.1, 0.15) is 12.5 Å². The number of rotatable bonds is 1. The van der Waals surface area contributed by atoms with Crippen LogP contribution in [0, 0.1) is 0 Å². The lowest BCUT2D eigenvalue weighted by molar-refractivity contribution is 0.260. The molecule has 0 fully saturated rings. The quantitative estimate of drug-likeness (QED) is 0.618. The van der Waals surface area contributed by atoms with Gasteiger partial charge in [-0.3, -0.25) is 0 Å². The second-order valence-corrected chi connectivity index (χ2v) is 4.54. The van der Waals surface area contributed by atoms with Crippen molar-refractivity contribution < 1.29 is 14.3 Å². The zero-order valence-corrected chi connectivity index (χ0v) is 9.90. The smallest absolute Gasteiger partial charge is 0.336 e. The highest BCUT2D eigenvalue weighted by Gasteiger charge is 2.28. The first-order valence-electron chi connectivity index (χ1n) is 5.67.